The van der Waals surface area contributed by atoms with Gasteiger partial charge in [0, 0.05) is 12.7 Å². The molecule has 1 aliphatic carbocycles. The number of hydrogen-bond donors (Lipinski definition) is 0. The summed E-state index contributed by atoms with van der Waals surface area (Å²) in [5.41, 5.74) is 9.02. The standard InChI is InChI=1S/C15H15N3O2/c1-14(2)12(11(19)8-17-16)15(14)9-6-4-5-7-10(9)18(3)13(15)20/h4-8,12H,1-3H3. The molecule has 0 N–H and O–H groups in total. The third kappa shape index (κ3) is 1.14. The molecule has 1 saturated carbocycles. The van der Waals surface area contributed by atoms with Crippen LogP contribution in [0, 0.1) is 11.3 Å². The first kappa shape index (κ1) is 12.8. The predicted octanol–water partition coefficient (Wildman–Crippen LogP) is 1.43. The van der Waals surface area contributed by atoms with Gasteiger partial charge < -0.3 is 10.4 Å². The molecule has 1 spiro atoms. The maximum atomic E-state index is 12.7. The molecule has 0 bridgehead atoms. The number of amides is 1. The van der Waals surface area contributed by atoms with Gasteiger partial charge in [0.05, 0.1) is 11.3 Å². The van der Waals surface area contributed by atoms with Crippen LogP contribution >= 0.6 is 0 Å². The van der Waals surface area contributed by atoms with Crippen molar-refractivity contribution in [3.63, 3.8) is 0 Å². The topological polar surface area (TPSA) is 73.8 Å². The number of fused-ring (bicyclic) bond motifs is 2. The minimum atomic E-state index is -0.823. The van der Waals surface area contributed by atoms with E-state index in [9.17, 15) is 9.59 Å². The Morgan fingerprint density at radius 1 is 1.40 bits per heavy atom. The van der Waals surface area contributed by atoms with Gasteiger partial charge in [-0.05, 0) is 17.0 Å². The predicted molar refractivity (Wildman–Crippen MR) is 73.5 cm³/mol. The van der Waals surface area contributed by atoms with E-state index in [2.05, 4.69) is 4.79 Å². The highest BCUT2D eigenvalue weighted by Gasteiger charge is 2.81. The van der Waals surface area contributed by atoms with Gasteiger partial charge in [-0.2, -0.15) is 4.79 Å². The molecule has 0 saturated heterocycles. The largest absolute Gasteiger partial charge is 0.361 e. The van der Waals surface area contributed by atoms with Crippen LogP contribution in [0.15, 0.2) is 24.3 Å². The summed E-state index contributed by atoms with van der Waals surface area (Å²) in [4.78, 5) is 29.3. The van der Waals surface area contributed by atoms with Crippen LogP contribution in [0.3, 0.4) is 0 Å². The van der Waals surface area contributed by atoms with E-state index >= 15 is 0 Å². The van der Waals surface area contributed by atoms with Crippen LogP contribution in [0.4, 0.5) is 5.69 Å². The minimum absolute atomic E-state index is 0.0617. The molecule has 1 aromatic carbocycles. The summed E-state index contributed by atoms with van der Waals surface area (Å²) in [5, 5.41) is 0. The number of benzene rings is 1. The van der Waals surface area contributed by atoms with Crippen molar-refractivity contribution < 1.29 is 14.4 Å². The third-order valence-corrected chi connectivity index (χ3v) is 4.89. The van der Waals surface area contributed by atoms with Gasteiger partial charge in [0.1, 0.15) is 0 Å². The number of Topliss-reactive ketones (excluding diaryl/α,β-unsaturated/α-hetero) is 1. The van der Waals surface area contributed by atoms with Crippen molar-refractivity contribution >= 4 is 23.6 Å². The second-order valence-electron chi connectivity index (χ2n) is 5.99. The van der Waals surface area contributed by atoms with E-state index in [0.717, 1.165) is 17.5 Å². The molecule has 1 fully saturated rings. The number of likely N-dealkylation sites (N-methyl/N-ethyl adjacent to an activating group) is 1. The lowest BCUT2D eigenvalue weighted by molar-refractivity contribution is -0.123. The van der Waals surface area contributed by atoms with Crippen LogP contribution in [0.5, 0.6) is 0 Å². The number of carbonyl (C=O) groups is 2. The van der Waals surface area contributed by atoms with Gasteiger partial charge in [-0.3, -0.25) is 9.59 Å². The van der Waals surface area contributed by atoms with Gasteiger partial charge in [0.15, 0.2) is 0 Å². The number of ketones is 1. The molecule has 5 nitrogen and oxygen atoms in total. The minimum Gasteiger partial charge on any atom is -0.361 e. The SMILES string of the molecule is CN1C(=O)C2(c3ccccc31)C(C(=O)C=[N+]=[N-])C2(C)C. The molecule has 3 rings (SSSR count). The monoisotopic (exact) mass is 269 g/mol. The highest BCUT2D eigenvalue weighted by atomic mass is 16.2. The Hall–Kier alpha value is -2.26. The van der Waals surface area contributed by atoms with Gasteiger partial charge in [-0.25, -0.2) is 0 Å². The fraction of sp³-hybridized carbons (Fsp3) is 0.400. The van der Waals surface area contributed by atoms with Gasteiger partial charge in [0.2, 0.25) is 11.7 Å². The molecule has 1 aromatic rings. The van der Waals surface area contributed by atoms with Crippen LogP contribution in [-0.2, 0) is 15.0 Å². The summed E-state index contributed by atoms with van der Waals surface area (Å²) in [6, 6.07) is 7.55. The third-order valence-electron chi connectivity index (χ3n) is 4.89. The van der Waals surface area contributed by atoms with Crippen molar-refractivity contribution in [2.75, 3.05) is 11.9 Å². The average molecular weight is 269 g/mol. The lowest BCUT2D eigenvalue weighted by Gasteiger charge is -2.13. The summed E-state index contributed by atoms with van der Waals surface area (Å²) >= 11 is 0. The van der Waals surface area contributed by atoms with Crippen molar-refractivity contribution in [2.45, 2.75) is 19.3 Å². The molecule has 5 heteroatoms. The van der Waals surface area contributed by atoms with E-state index in [1.54, 1.807) is 11.9 Å². The van der Waals surface area contributed by atoms with E-state index < -0.39 is 16.7 Å². The van der Waals surface area contributed by atoms with Crippen LogP contribution < -0.4 is 4.90 Å². The molecule has 2 aliphatic rings. The lowest BCUT2D eigenvalue weighted by Crippen LogP contribution is -2.32. The molecule has 1 heterocycles. The smallest absolute Gasteiger partial charge is 0.323 e. The molecule has 2 unspecified atom stereocenters. The summed E-state index contributed by atoms with van der Waals surface area (Å²) in [6.07, 6.45) is 0.898. The highest BCUT2D eigenvalue weighted by molar-refractivity contribution is 6.31. The first-order valence-corrected chi connectivity index (χ1v) is 6.49. The Bertz CT molecular complexity index is 688. The molecule has 0 radical (unpaired) electrons. The molecule has 1 aliphatic heterocycles. The Morgan fingerprint density at radius 2 is 2.05 bits per heavy atom. The van der Waals surface area contributed by atoms with Gasteiger partial charge in [-0.15, -0.1) is 0 Å². The number of hydrogen-bond acceptors (Lipinski definition) is 2. The van der Waals surface area contributed by atoms with Crippen LogP contribution in [0.1, 0.15) is 19.4 Å². The van der Waals surface area contributed by atoms with Crippen molar-refractivity contribution in [1.29, 1.82) is 0 Å². The fourth-order valence-corrected chi connectivity index (χ4v) is 3.95. The maximum absolute atomic E-state index is 12.7. The van der Waals surface area contributed by atoms with Crippen molar-refractivity contribution in [3.05, 3.63) is 35.4 Å². The van der Waals surface area contributed by atoms with E-state index in [1.807, 2.05) is 38.1 Å². The second-order valence-corrected chi connectivity index (χ2v) is 5.99. The first-order valence-electron chi connectivity index (χ1n) is 6.49. The molecule has 2 atom stereocenters. The molecule has 0 aromatic heterocycles. The summed E-state index contributed by atoms with van der Waals surface area (Å²) in [7, 11) is 1.73. The highest BCUT2D eigenvalue weighted by Crippen LogP contribution is 2.73. The van der Waals surface area contributed by atoms with E-state index in [4.69, 9.17) is 5.53 Å². The molecule has 1 amide bonds. The lowest BCUT2D eigenvalue weighted by atomic mass is 9.89. The number of carbonyl (C=O) groups excluding carboxylic acids is 2. The van der Waals surface area contributed by atoms with Crippen molar-refractivity contribution in [1.82, 2.24) is 0 Å². The quantitative estimate of drug-likeness (QED) is 0.462. The normalized spacial score (nSPS) is 29.1. The van der Waals surface area contributed by atoms with E-state index in [-0.39, 0.29) is 11.7 Å². The van der Waals surface area contributed by atoms with Crippen molar-refractivity contribution in [2.24, 2.45) is 11.3 Å². The first-order chi connectivity index (χ1) is 9.40. The zero-order valence-corrected chi connectivity index (χ0v) is 11.6. The van der Waals surface area contributed by atoms with E-state index in [0.29, 0.717) is 0 Å². The van der Waals surface area contributed by atoms with Gasteiger partial charge in [0.25, 0.3) is 0 Å². The van der Waals surface area contributed by atoms with Gasteiger partial charge in [-0.1, -0.05) is 32.0 Å². The molecule has 20 heavy (non-hydrogen) atoms. The second kappa shape index (κ2) is 3.64. The number of rotatable bonds is 2. The van der Waals surface area contributed by atoms with Crippen molar-refractivity contribution in [3.8, 4) is 0 Å². The zero-order valence-electron chi connectivity index (χ0n) is 11.6. The Balaban J connectivity index is 2.22. The average Bonchev–Trinajstić information content (AvgIpc) is 2.86. The Kier molecular flexibility index (Phi) is 2.32. The summed E-state index contributed by atoms with van der Waals surface area (Å²) in [6.45, 7) is 3.82. The molecule has 102 valence electrons. The summed E-state index contributed by atoms with van der Waals surface area (Å²) in [5.74, 6) is -0.853. The fourth-order valence-electron chi connectivity index (χ4n) is 3.95. The maximum Gasteiger partial charge on any atom is 0.323 e. The van der Waals surface area contributed by atoms with Crippen LogP contribution in [0.25, 0.3) is 5.53 Å². The van der Waals surface area contributed by atoms with Crippen LogP contribution in [-0.4, -0.2) is 29.7 Å². The van der Waals surface area contributed by atoms with Gasteiger partial charge >= 0.3 is 6.21 Å². The van der Waals surface area contributed by atoms with E-state index in [1.165, 1.54) is 0 Å². The summed E-state index contributed by atoms with van der Waals surface area (Å²) < 4.78 is 0. The Morgan fingerprint density at radius 3 is 2.70 bits per heavy atom. The molecular weight excluding hydrogens is 254 g/mol. The Labute approximate surface area is 116 Å². The zero-order chi connectivity index (χ0) is 14.7. The number of para-hydroxylation sites is 1. The number of nitrogens with zero attached hydrogens (tertiary/aromatic N) is 3. The molecular formula is C15H15N3O2. The number of anilines is 1. The van der Waals surface area contributed by atoms with Crippen LogP contribution in [0.2, 0.25) is 0 Å².